The van der Waals surface area contributed by atoms with Gasteiger partial charge in [-0.3, -0.25) is 14.5 Å². The van der Waals surface area contributed by atoms with Gasteiger partial charge in [-0.2, -0.15) is 0 Å². The first-order valence-electron chi connectivity index (χ1n) is 9.54. The second-order valence-electron chi connectivity index (χ2n) is 7.43. The number of halogens is 2. The molecule has 0 aliphatic rings. The maximum absolute atomic E-state index is 15.0. The molecule has 0 atom stereocenters. The van der Waals surface area contributed by atoms with Crippen molar-refractivity contribution in [1.29, 1.82) is 0 Å². The van der Waals surface area contributed by atoms with Crippen LogP contribution in [0, 0.1) is 17.6 Å². The number of ketones is 1. The third-order valence-electron chi connectivity index (χ3n) is 4.50. The van der Waals surface area contributed by atoms with E-state index in [4.69, 9.17) is 0 Å². The van der Waals surface area contributed by atoms with Gasteiger partial charge in [-0.15, -0.1) is 4.98 Å². The van der Waals surface area contributed by atoms with Crippen LogP contribution in [0.5, 0.6) is 0 Å². The summed E-state index contributed by atoms with van der Waals surface area (Å²) in [7, 11) is -3.82. The molecule has 0 saturated heterocycles. The number of rotatable bonds is 8. The van der Waals surface area contributed by atoms with Gasteiger partial charge in [-0.1, -0.05) is 20.8 Å². The number of nitrogens with one attached hydrogen (secondary N) is 3. The zero-order chi connectivity index (χ0) is 22.1. The number of nitrogens with zero attached hydrogens (tertiary/aromatic N) is 1. The average molecular weight is 437 g/mol. The van der Waals surface area contributed by atoms with Crippen molar-refractivity contribution in [2.45, 2.75) is 33.6 Å². The molecule has 1 aromatic carbocycles. The minimum atomic E-state index is -3.82. The van der Waals surface area contributed by atoms with Crippen LogP contribution >= 0.6 is 0 Å². The third-order valence-corrected chi connectivity index (χ3v) is 5.98. The summed E-state index contributed by atoms with van der Waals surface area (Å²) in [4.78, 5) is 23.2. The van der Waals surface area contributed by atoms with Gasteiger partial charge in [0.25, 0.3) is 0 Å². The van der Waals surface area contributed by atoms with Crippen LogP contribution in [0.15, 0.2) is 24.7 Å². The van der Waals surface area contributed by atoms with Gasteiger partial charge in [0.05, 0.1) is 34.2 Å². The van der Waals surface area contributed by atoms with Gasteiger partial charge in [-0.05, 0) is 24.5 Å². The summed E-state index contributed by atoms with van der Waals surface area (Å²) in [6.45, 7) is 5.64. The first-order chi connectivity index (χ1) is 14.1. The molecule has 0 radical (unpaired) electrons. The van der Waals surface area contributed by atoms with E-state index in [1.165, 1.54) is 12.5 Å². The maximum atomic E-state index is 15.0. The van der Waals surface area contributed by atoms with Crippen LogP contribution in [0.4, 0.5) is 14.5 Å². The quantitative estimate of drug-likeness (QED) is 0.528. The first kappa shape index (κ1) is 21.8. The molecule has 30 heavy (non-hydrogen) atoms. The number of benzene rings is 1. The number of aromatic nitrogens is 3. The minimum absolute atomic E-state index is 0.0522. The van der Waals surface area contributed by atoms with Gasteiger partial charge in [0.1, 0.15) is 11.5 Å². The Morgan fingerprint density at radius 3 is 2.70 bits per heavy atom. The smallest absolute Gasteiger partial charge is 0.234 e. The summed E-state index contributed by atoms with van der Waals surface area (Å²) < 4.78 is 55.6. The molecule has 0 amide bonds. The van der Waals surface area contributed by atoms with Crippen molar-refractivity contribution in [3.63, 3.8) is 0 Å². The summed E-state index contributed by atoms with van der Waals surface area (Å²) in [5.74, 6) is -3.23. The number of hydrogen-bond donors (Lipinski definition) is 2. The number of carbonyl (C=O) groups excluding carboxylic acids is 1. The van der Waals surface area contributed by atoms with Crippen molar-refractivity contribution in [2.75, 3.05) is 10.5 Å². The van der Waals surface area contributed by atoms with E-state index in [9.17, 15) is 17.6 Å². The van der Waals surface area contributed by atoms with Gasteiger partial charge in [0.15, 0.2) is 5.82 Å². The highest BCUT2D eigenvalue weighted by Crippen LogP contribution is 2.28. The molecule has 0 aliphatic heterocycles. The fourth-order valence-corrected chi connectivity index (χ4v) is 4.39. The fourth-order valence-electron chi connectivity index (χ4n) is 3.26. The van der Waals surface area contributed by atoms with Crippen molar-refractivity contribution >= 4 is 32.5 Å². The van der Waals surface area contributed by atoms with Crippen molar-refractivity contribution in [2.24, 2.45) is 5.92 Å². The molecule has 3 N–H and O–H groups in total. The fraction of sp³-hybridized carbons (Fsp3) is 0.350. The molecule has 2 heterocycles. The number of anilines is 1. The van der Waals surface area contributed by atoms with Crippen molar-refractivity contribution in [1.82, 2.24) is 9.97 Å². The van der Waals surface area contributed by atoms with Gasteiger partial charge in [0, 0.05) is 6.42 Å². The van der Waals surface area contributed by atoms with Gasteiger partial charge in [0.2, 0.25) is 27.8 Å². The molecule has 0 saturated carbocycles. The Morgan fingerprint density at radius 1 is 1.30 bits per heavy atom. The lowest BCUT2D eigenvalue weighted by atomic mass is 9.98. The lowest BCUT2D eigenvalue weighted by Gasteiger charge is -2.11. The van der Waals surface area contributed by atoms with Crippen LogP contribution in [0.1, 0.15) is 48.8 Å². The van der Waals surface area contributed by atoms with Crippen LogP contribution < -0.4 is 9.71 Å². The number of hydrogen-bond acceptors (Lipinski definition) is 4. The zero-order valence-corrected chi connectivity index (χ0v) is 17.7. The SMILES string of the molecule is CCCS(=O)(=O)Nc1ccc(F)c(C(=O)c2c[nH]c3[nH+]cnc(CC(C)C)c23)c1F. The number of carbonyl (C=O) groups is 1. The topological polar surface area (TPSA) is 106 Å². The summed E-state index contributed by atoms with van der Waals surface area (Å²) >= 11 is 0. The van der Waals surface area contributed by atoms with Crippen LogP contribution in [0.25, 0.3) is 11.0 Å². The average Bonchev–Trinajstić information content (AvgIpc) is 3.09. The van der Waals surface area contributed by atoms with Crippen LogP contribution in [-0.4, -0.2) is 29.9 Å². The highest BCUT2D eigenvalue weighted by atomic mass is 32.2. The van der Waals surface area contributed by atoms with Crippen molar-refractivity contribution < 1.29 is 27.0 Å². The molecule has 0 fully saturated rings. The Kier molecular flexibility index (Phi) is 6.16. The molecule has 3 aromatic rings. The third kappa shape index (κ3) is 4.33. The summed E-state index contributed by atoms with van der Waals surface area (Å²) in [6, 6.07) is 1.83. The van der Waals surface area contributed by atoms with Gasteiger partial charge in [-0.25, -0.2) is 22.2 Å². The van der Waals surface area contributed by atoms with E-state index in [1.54, 1.807) is 6.92 Å². The predicted molar refractivity (Wildman–Crippen MR) is 109 cm³/mol. The van der Waals surface area contributed by atoms with E-state index in [0.29, 0.717) is 29.6 Å². The molecule has 0 bridgehead atoms. The van der Waals surface area contributed by atoms with Crippen LogP contribution in [0.2, 0.25) is 0 Å². The second kappa shape index (κ2) is 8.47. The molecule has 10 heteroatoms. The molecular weight excluding hydrogens is 414 g/mol. The Bertz CT molecular complexity index is 1210. The molecule has 160 valence electrons. The van der Waals surface area contributed by atoms with E-state index < -0.39 is 38.7 Å². The molecule has 2 aromatic heterocycles. The number of aromatic amines is 2. The summed E-state index contributed by atoms with van der Waals surface area (Å²) in [5.41, 5.74) is -0.128. The molecule has 7 nitrogen and oxygen atoms in total. The Labute approximate surface area is 173 Å². The molecule has 0 spiro atoms. The van der Waals surface area contributed by atoms with Crippen molar-refractivity contribution in [3.05, 3.63) is 53.1 Å². The predicted octanol–water partition coefficient (Wildman–Crippen LogP) is 3.24. The molecule has 3 rings (SSSR count). The van der Waals surface area contributed by atoms with E-state index in [0.717, 1.165) is 12.1 Å². The minimum Gasteiger partial charge on any atom is -0.288 e. The highest BCUT2D eigenvalue weighted by molar-refractivity contribution is 7.92. The normalized spacial score (nSPS) is 11.9. The van der Waals surface area contributed by atoms with Crippen molar-refractivity contribution in [3.8, 4) is 0 Å². The highest BCUT2D eigenvalue weighted by Gasteiger charge is 2.28. The van der Waals surface area contributed by atoms with E-state index >= 15 is 4.39 Å². The standard InChI is InChI=1S/C20H22F2N4O3S/c1-4-7-30(28,29)26-14-6-5-13(21)17(18(14)22)19(27)12-9-23-20-16(12)15(8-11(2)3)24-10-25-20/h5-6,9-11,26H,4,7-8H2,1-3H3,(H,23,24,25)/p+1. The molecular formula is C20H23F2N4O3S+. The monoisotopic (exact) mass is 437 g/mol. The van der Waals surface area contributed by atoms with Gasteiger partial charge >= 0.3 is 0 Å². The Hall–Kier alpha value is -2.88. The Morgan fingerprint density at radius 2 is 2.03 bits per heavy atom. The maximum Gasteiger partial charge on any atom is 0.234 e. The van der Waals surface area contributed by atoms with Gasteiger partial charge < -0.3 is 0 Å². The van der Waals surface area contributed by atoms with E-state index in [2.05, 4.69) is 19.7 Å². The van der Waals surface area contributed by atoms with Crippen LogP contribution in [0.3, 0.4) is 0 Å². The number of sulfonamides is 1. The largest absolute Gasteiger partial charge is 0.288 e. The lowest BCUT2D eigenvalue weighted by Crippen LogP contribution is -2.19. The lowest BCUT2D eigenvalue weighted by molar-refractivity contribution is -0.352. The number of H-pyrrole nitrogens is 2. The Balaban J connectivity index is 2.11. The zero-order valence-electron chi connectivity index (χ0n) is 16.8. The molecule has 0 aliphatic carbocycles. The number of fused-ring (bicyclic) bond motifs is 1. The molecule has 0 unspecified atom stereocenters. The summed E-state index contributed by atoms with van der Waals surface area (Å²) in [5, 5.41) is 0.451. The van der Waals surface area contributed by atoms with E-state index in [-0.39, 0.29) is 17.2 Å². The summed E-state index contributed by atoms with van der Waals surface area (Å²) in [6.07, 6.45) is 3.73. The van der Waals surface area contributed by atoms with Crippen LogP contribution in [-0.2, 0) is 16.4 Å². The second-order valence-corrected chi connectivity index (χ2v) is 9.28. The first-order valence-corrected chi connectivity index (χ1v) is 11.2. The van der Waals surface area contributed by atoms with E-state index in [1.807, 2.05) is 13.8 Å².